The highest BCUT2D eigenvalue weighted by Crippen LogP contribution is 2.14. The van der Waals surface area contributed by atoms with Crippen LogP contribution in [-0.2, 0) is 6.54 Å². The number of quaternary nitrogens is 1. The predicted octanol–water partition coefficient (Wildman–Crippen LogP) is -0.123. The maximum absolute atomic E-state index is 5.76. The number of alkyl halides is 1. The van der Waals surface area contributed by atoms with Crippen molar-refractivity contribution in [1.29, 1.82) is 0 Å². The first kappa shape index (κ1) is 17.2. The summed E-state index contributed by atoms with van der Waals surface area (Å²) >= 11 is 9.36. The van der Waals surface area contributed by atoms with E-state index in [2.05, 4.69) is 47.1 Å². The highest BCUT2D eigenvalue weighted by molar-refractivity contribution is 9.10. The van der Waals surface area contributed by atoms with Gasteiger partial charge in [-0.3, -0.25) is 0 Å². The molecule has 0 saturated heterocycles. The summed E-state index contributed by atoms with van der Waals surface area (Å²) in [4.78, 5) is 1.62. The van der Waals surface area contributed by atoms with E-state index in [-0.39, 0.29) is 12.4 Å². The highest BCUT2D eigenvalue weighted by atomic mass is 79.9. The fourth-order valence-corrected chi connectivity index (χ4v) is 2.44. The van der Waals surface area contributed by atoms with Gasteiger partial charge < -0.3 is 17.3 Å². The molecule has 0 aliphatic rings. The third-order valence-corrected chi connectivity index (χ3v) is 3.71. The van der Waals surface area contributed by atoms with Gasteiger partial charge in [-0.1, -0.05) is 41.1 Å². The average molecular weight is 341 g/mol. The molecule has 17 heavy (non-hydrogen) atoms. The summed E-state index contributed by atoms with van der Waals surface area (Å²) in [6.07, 6.45) is 2.32. The van der Waals surface area contributed by atoms with Crippen LogP contribution in [0, 0.1) is 0 Å². The zero-order valence-corrected chi connectivity index (χ0v) is 13.3. The van der Waals surface area contributed by atoms with Crippen molar-refractivity contribution in [2.75, 3.05) is 19.0 Å². The molecule has 1 atom stereocenters. The van der Waals surface area contributed by atoms with Gasteiger partial charge in [0.15, 0.2) is 0 Å². The molecular weight excluding hydrogens is 321 g/mol. The van der Waals surface area contributed by atoms with E-state index < -0.39 is 0 Å². The Morgan fingerprint density at radius 2 is 1.94 bits per heavy atom. The Kier molecular flexibility index (Phi) is 10.3. The van der Waals surface area contributed by atoms with Crippen LogP contribution in [0.25, 0.3) is 0 Å². The second kappa shape index (κ2) is 10.2. The summed E-state index contributed by atoms with van der Waals surface area (Å²) in [7, 11) is 0. The van der Waals surface area contributed by atoms with Crippen LogP contribution in [-0.4, -0.2) is 19.0 Å². The molecule has 0 fully saturated rings. The minimum Gasteiger partial charge on any atom is -1.00 e. The lowest BCUT2D eigenvalue weighted by Crippen LogP contribution is -3.10. The van der Waals surface area contributed by atoms with Crippen LogP contribution in [0.3, 0.4) is 0 Å². The minimum absolute atomic E-state index is 0. The second-order valence-corrected chi connectivity index (χ2v) is 5.29. The van der Waals surface area contributed by atoms with E-state index in [1.54, 1.807) is 4.90 Å². The summed E-state index contributed by atoms with van der Waals surface area (Å²) in [6, 6.07) is 8.47. The van der Waals surface area contributed by atoms with Crippen molar-refractivity contribution in [1.82, 2.24) is 0 Å². The zero-order chi connectivity index (χ0) is 11.8. The maximum Gasteiger partial charge on any atom is 0.104 e. The quantitative estimate of drug-likeness (QED) is 0.660. The smallest absolute Gasteiger partial charge is 0.104 e. The number of nitrogens with one attached hydrogen (secondary N) is 1. The Labute approximate surface area is 124 Å². The SMILES string of the molecule is CCC[NH+](CCCCl)Cc1ccccc1Br.[Cl-]. The molecule has 98 valence electrons. The third-order valence-electron chi connectivity index (χ3n) is 2.67. The van der Waals surface area contributed by atoms with Crippen LogP contribution in [0.2, 0.25) is 0 Å². The molecule has 1 nitrogen and oxygen atoms in total. The molecule has 0 spiro atoms. The van der Waals surface area contributed by atoms with E-state index >= 15 is 0 Å². The van der Waals surface area contributed by atoms with Gasteiger partial charge in [0.05, 0.1) is 13.1 Å². The summed E-state index contributed by atoms with van der Waals surface area (Å²) < 4.78 is 1.22. The predicted molar refractivity (Wildman–Crippen MR) is 74.2 cm³/mol. The van der Waals surface area contributed by atoms with Crippen molar-refractivity contribution in [3.8, 4) is 0 Å². The molecule has 1 N–H and O–H groups in total. The summed E-state index contributed by atoms with van der Waals surface area (Å²) in [5, 5.41) is 0. The minimum atomic E-state index is 0. The van der Waals surface area contributed by atoms with Gasteiger partial charge in [-0.25, -0.2) is 0 Å². The van der Waals surface area contributed by atoms with Crippen LogP contribution in [0.15, 0.2) is 28.7 Å². The summed E-state index contributed by atoms with van der Waals surface area (Å²) in [5.74, 6) is 0.767. The van der Waals surface area contributed by atoms with E-state index in [1.807, 2.05) is 0 Å². The first-order chi connectivity index (χ1) is 7.77. The lowest BCUT2D eigenvalue weighted by Gasteiger charge is -2.19. The van der Waals surface area contributed by atoms with Gasteiger partial charge in [-0.2, -0.15) is 0 Å². The normalized spacial score (nSPS) is 11.9. The number of benzene rings is 1. The van der Waals surface area contributed by atoms with E-state index in [4.69, 9.17) is 11.6 Å². The van der Waals surface area contributed by atoms with Gasteiger partial charge in [-0.15, -0.1) is 11.6 Å². The second-order valence-electron chi connectivity index (χ2n) is 4.06. The van der Waals surface area contributed by atoms with Gasteiger partial charge in [0.1, 0.15) is 6.54 Å². The Balaban J connectivity index is 0.00000256. The van der Waals surface area contributed by atoms with Crippen LogP contribution < -0.4 is 17.3 Å². The molecule has 1 unspecified atom stereocenters. The van der Waals surface area contributed by atoms with Crippen molar-refractivity contribution in [2.24, 2.45) is 0 Å². The van der Waals surface area contributed by atoms with E-state index in [0.717, 1.165) is 18.8 Å². The third kappa shape index (κ3) is 6.66. The molecule has 0 radical (unpaired) electrons. The van der Waals surface area contributed by atoms with Gasteiger partial charge in [-0.05, 0) is 12.5 Å². The standard InChI is InChI=1S/C13H19BrClN.ClH/c1-2-9-16(10-5-8-15)11-12-6-3-4-7-13(12)14;/h3-4,6-7H,2,5,8-11H2,1H3;1H. The Hall–Kier alpha value is 0.240. The van der Waals surface area contributed by atoms with Crippen molar-refractivity contribution in [2.45, 2.75) is 26.3 Å². The van der Waals surface area contributed by atoms with Crippen molar-refractivity contribution in [3.05, 3.63) is 34.3 Å². The Morgan fingerprint density at radius 1 is 1.24 bits per heavy atom. The molecule has 1 aromatic rings. The van der Waals surface area contributed by atoms with E-state index in [1.165, 1.54) is 29.5 Å². The summed E-state index contributed by atoms with van der Waals surface area (Å²) in [5.41, 5.74) is 1.39. The fourth-order valence-electron chi connectivity index (χ4n) is 1.88. The molecule has 0 aliphatic carbocycles. The van der Waals surface area contributed by atoms with Crippen molar-refractivity contribution < 1.29 is 17.3 Å². The molecule has 0 heterocycles. The van der Waals surface area contributed by atoms with Gasteiger partial charge in [0.25, 0.3) is 0 Å². The first-order valence-corrected chi connectivity index (χ1v) is 7.23. The van der Waals surface area contributed by atoms with Crippen molar-refractivity contribution in [3.63, 3.8) is 0 Å². The average Bonchev–Trinajstić information content (AvgIpc) is 2.29. The topological polar surface area (TPSA) is 4.44 Å². The van der Waals surface area contributed by atoms with Crippen LogP contribution in [0.4, 0.5) is 0 Å². The van der Waals surface area contributed by atoms with Crippen LogP contribution in [0.1, 0.15) is 25.3 Å². The van der Waals surface area contributed by atoms with Gasteiger partial charge in [0, 0.05) is 22.3 Å². The molecule has 1 aromatic carbocycles. The molecule has 1 rings (SSSR count). The van der Waals surface area contributed by atoms with Crippen LogP contribution >= 0.6 is 27.5 Å². The maximum atomic E-state index is 5.76. The summed E-state index contributed by atoms with van der Waals surface area (Å²) in [6.45, 7) is 5.71. The number of hydrogen-bond donors (Lipinski definition) is 1. The highest BCUT2D eigenvalue weighted by Gasteiger charge is 2.09. The number of hydrogen-bond acceptors (Lipinski definition) is 0. The molecule has 0 bridgehead atoms. The molecule has 4 heteroatoms. The number of halogens is 3. The van der Waals surface area contributed by atoms with Crippen LogP contribution in [0.5, 0.6) is 0 Å². The lowest BCUT2D eigenvalue weighted by atomic mass is 10.2. The van der Waals surface area contributed by atoms with Gasteiger partial charge >= 0.3 is 0 Å². The number of rotatable bonds is 7. The molecule has 0 amide bonds. The molecular formula is C13H20BrCl2N. The van der Waals surface area contributed by atoms with Gasteiger partial charge in [0.2, 0.25) is 0 Å². The zero-order valence-electron chi connectivity index (χ0n) is 10.2. The lowest BCUT2D eigenvalue weighted by molar-refractivity contribution is -0.914. The monoisotopic (exact) mass is 339 g/mol. The van der Waals surface area contributed by atoms with E-state index in [0.29, 0.717) is 0 Å². The molecule has 0 aromatic heterocycles. The van der Waals surface area contributed by atoms with Crippen molar-refractivity contribution >= 4 is 27.5 Å². The molecule has 0 saturated carbocycles. The largest absolute Gasteiger partial charge is 1.00 e. The molecule has 0 aliphatic heterocycles. The Morgan fingerprint density at radius 3 is 2.53 bits per heavy atom. The fraction of sp³-hybridized carbons (Fsp3) is 0.538. The van der Waals surface area contributed by atoms with E-state index in [9.17, 15) is 0 Å². The first-order valence-electron chi connectivity index (χ1n) is 5.90. The Bertz CT molecular complexity index is 307.